The van der Waals surface area contributed by atoms with Gasteiger partial charge in [-0.3, -0.25) is 14.7 Å². The number of hydrogen-bond acceptors (Lipinski definition) is 7. The van der Waals surface area contributed by atoms with Crippen molar-refractivity contribution < 1.29 is 27.0 Å². The molecule has 0 aliphatic carbocycles. The van der Waals surface area contributed by atoms with Gasteiger partial charge in [0, 0.05) is 11.8 Å². The third-order valence-corrected chi connectivity index (χ3v) is 6.16. The van der Waals surface area contributed by atoms with E-state index in [1.165, 1.54) is 19.3 Å². The molecule has 8 nitrogen and oxygen atoms in total. The molecule has 3 rings (SSSR count). The van der Waals surface area contributed by atoms with Gasteiger partial charge in [0.2, 0.25) is 5.88 Å². The lowest BCUT2D eigenvalue weighted by Crippen LogP contribution is -2.18. The SMILES string of the molecule is C/C(O)=C(\C)c1cnc(-c2c(F)ccc(NS(=O)(=O)c3cc(Cl)cnc3OC(C)C)c2F)cn1. The number of pyridine rings is 1. The summed E-state index contributed by atoms with van der Waals surface area (Å²) in [4.78, 5) is 11.6. The minimum Gasteiger partial charge on any atom is -0.512 e. The third kappa shape index (κ3) is 5.42. The zero-order valence-corrected chi connectivity index (χ0v) is 20.2. The third-order valence-electron chi connectivity index (χ3n) is 4.59. The lowest BCUT2D eigenvalue weighted by molar-refractivity contribution is 0.226. The second-order valence-corrected chi connectivity index (χ2v) is 9.60. The molecule has 2 aromatic heterocycles. The van der Waals surface area contributed by atoms with Crippen molar-refractivity contribution >= 4 is 32.9 Å². The van der Waals surface area contributed by atoms with Gasteiger partial charge in [0.15, 0.2) is 10.7 Å². The molecule has 0 spiro atoms. The zero-order chi connectivity index (χ0) is 25.2. The van der Waals surface area contributed by atoms with Crippen molar-refractivity contribution in [1.82, 2.24) is 15.0 Å². The highest BCUT2D eigenvalue weighted by atomic mass is 35.5. The number of anilines is 1. The topological polar surface area (TPSA) is 114 Å². The number of aliphatic hydroxyl groups excluding tert-OH is 1. The lowest BCUT2D eigenvalue weighted by atomic mass is 10.1. The number of rotatable bonds is 7. The van der Waals surface area contributed by atoms with Crippen molar-refractivity contribution in [2.24, 2.45) is 0 Å². The summed E-state index contributed by atoms with van der Waals surface area (Å²) >= 11 is 5.91. The minimum atomic E-state index is -4.43. The first-order valence-electron chi connectivity index (χ1n) is 9.93. The van der Waals surface area contributed by atoms with Gasteiger partial charge in [-0.15, -0.1) is 0 Å². The molecule has 0 aliphatic rings. The highest BCUT2D eigenvalue weighted by molar-refractivity contribution is 7.92. The fourth-order valence-corrected chi connectivity index (χ4v) is 4.21. The number of aliphatic hydroxyl groups is 1. The molecule has 0 bridgehead atoms. The summed E-state index contributed by atoms with van der Waals surface area (Å²) in [6.07, 6.45) is 3.18. The Bertz CT molecular complexity index is 1360. The van der Waals surface area contributed by atoms with Crippen molar-refractivity contribution in [2.75, 3.05) is 4.72 Å². The molecule has 0 fully saturated rings. The Hall–Kier alpha value is -3.31. The smallest absolute Gasteiger partial charge is 0.267 e. The van der Waals surface area contributed by atoms with E-state index < -0.39 is 43.9 Å². The van der Waals surface area contributed by atoms with E-state index in [2.05, 4.69) is 19.7 Å². The number of hydrogen-bond donors (Lipinski definition) is 2. The summed E-state index contributed by atoms with van der Waals surface area (Å²) in [6, 6.07) is 2.95. The lowest BCUT2D eigenvalue weighted by Gasteiger charge is -2.16. The molecule has 0 radical (unpaired) electrons. The largest absolute Gasteiger partial charge is 0.512 e. The van der Waals surface area contributed by atoms with Crippen LogP contribution in [0.3, 0.4) is 0 Å². The van der Waals surface area contributed by atoms with E-state index in [0.29, 0.717) is 11.3 Å². The van der Waals surface area contributed by atoms with Gasteiger partial charge >= 0.3 is 0 Å². The molecule has 2 N–H and O–H groups in total. The molecule has 0 aliphatic heterocycles. The Kier molecular flexibility index (Phi) is 7.37. The van der Waals surface area contributed by atoms with Crippen LogP contribution in [0.2, 0.25) is 5.02 Å². The predicted molar refractivity (Wildman–Crippen MR) is 124 cm³/mol. The monoisotopic (exact) mass is 510 g/mol. The van der Waals surface area contributed by atoms with Gasteiger partial charge in [-0.25, -0.2) is 22.2 Å². The highest BCUT2D eigenvalue weighted by Crippen LogP contribution is 2.33. The first-order chi connectivity index (χ1) is 15.9. The number of nitrogens with zero attached hydrogens (tertiary/aromatic N) is 3. The second-order valence-electron chi connectivity index (χ2n) is 7.51. The molecule has 0 atom stereocenters. The number of aromatic nitrogens is 3. The Balaban J connectivity index is 2.03. The fraction of sp³-hybridized carbons (Fsp3) is 0.227. The summed E-state index contributed by atoms with van der Waals surface area (Å²) in [7, 11) is -4.43. The fourth-order valence-electron chi connectivity index (χ4n) is 2.81. The number of ether oxygens (including phenoxy) is 1. The zero-order valence-electron chi connectivity index (χ0n) is 18.6. The van der Waals surface area contributed by atoms with E-state index in [4.69, 9.17) is 16.3 Å². The van der Waals surface area contributed by atoms with Crippen LogP contribution in [0.15, 0.2) is 47.4 Å². The van der Waals surface area contributed by atoms with E-state index >= 15 is 4.39 Å². The van der Waals surface area contributed by atoms with Crippen LogP contribution in [0.4, 0.5) is 14.5 Å². The Morgan fingerprint density at radius 3 is 2.41 bits per heavy atom. The average Bonchev–Trinajstić information content (AvgIpc) is 2.76. The van der Waals surface area contributed by atoms with E-state index in [9.17, 15) is 17.9 Å². The van der Waals surface area contributed by atoms with E-state index in [1.807, 2.05) is 0 Å². The van der Waals surface area contributed by atoms with Crippen molar-refractivity contribution in [1.29, 1.82) is 0 Å². The molecular weight excluding hydrogens is 490 g/mol. The molecule has 12 heteroatoms. The molecular formula is C22H21ClF2N4O4S. The molecule has 1 aromatic carbocycles. The van der Waals surface area contributed by atoms with Crippen LogP contribution in [-0.4, -0.2) is 34.6 Å². The van der Waals surface area contributed by atoms with E-state index in [0.717, 1.165) is 24.4 Å². The average molecular weight is 511 g/mol. The number of nitrogens with one attached hydrogen (secondary N) is 1. The molecule has 0 saturated heterocycles. The van der Waals surface area contributed by atoms with Crippen LogP contribution in [0, 0.1) is 11.6 Å². The molecule has 0 unspecified atom stereocenters. The Morgan fingerprint density at radius 2 is 1.82 bits per heavy atom. The van der Waals surface area contributed by atoms with Gasteiger partial charge in [0.25, 0.3) is 10.0 Å². The molecule has 3 aromatic rings. The molecule has 34 heavy (non-hydrogen) atoms. The van der Waals surface area contributed by atoms with Gasteiger partial charge in [0.1, 0.15) is 5.82 Å². The predicted octanol–water partition coefficient (Wildman–Crippen LogP) is 5.37. The summed E-state index contributed by atoms with van der Waals surface area (Å²) in [5.74, 6) is -2.37. The maximum absolute atomic E-state index is 15.3. The minimum absolute atomic E-state index is 0.0205. The van der Waals surface area contributed by atoms with Crippen LogP contribution < -0.4 is 9.46 Å². The number of allylic oxidation sites excluding steroid dienone is 2. The maximum Gasteiger partial charge on any atom is 0.267 e. The molecule has 0 amide bonds. The Morgan fingerprint density at radius 1 is 1.12 bits per heavy atom. The number of sulfonamides is 1. The van der Waals surface area contributed by atoms with E-state index in [1.54, 1.807) is 20.8 Å². The van der Waals surface area contributed by atoms with Crippen molar-refractivity contribution in [3.05, 3.63) is 64.9 Å². The van der Waals surface area contributed by atoms with Gasteiger partial charge in [-0.2, -0.15) is 0 Å². The normalized spacial score (nSPS) is 12.5. The van der Waals surface area contributed by atoms with Crippen LogP contribution in [0.25, 0.3) is 16.8 Å². The van der Waals surface area contributed by atoms with Crippen LogP contribution >= 0.6 is 11.6 Å². The van der Waals surface area contributed by atoms with E-state index in [-0.39, 0.29) is 22.4 Å². The summed E-state index contributed by atoms with van der Waals surface area (Å²) in [6.45, 7) is 6.43. The van der Waals surface area contributed by atoms with Crippen LogP contribution in [0.5, 0.6) is 5.88 Å². The number of benzene rings is 1. The number of halogens is 3. The quantitative estimate of drug-likeness (QED) is 0.411. The summed E-state index contributed by atoms with van der Waals surface area (Å²) in [5, 5.41) is 9.60. The summed E-state index contributed by atoms with van der Waals surface area (Å²) < 4.78 is 63.4. The maximum atomic E-state index is 15.3. The highest BCUT2D eigenvalue weighted by Gasteiger charge is 2.26. The molecule has 2 heterocycles. The Labute approximate surface area is 200 Å². The van der Waals surface area contributed by atoms with Gasteiger partial charge < -0.3 is 9.84 Å². The first kappa shape index (κ1) is 25.3. The first-order valence-corrected chi connectivity index (χ1v) is 11.8. The standard InChI is InChI=1S/C22H21ClF2N4O4S/c1-11(2)33-22-19(7-14(23)8-28-22)34(31,32)29-16-6-5-15(24)20(21(16)25)18-10-26-17(9-27-18)12(3)13(4)30/h5-11,29-30H,1-4H3/b13-12-. The van der Waals surface area contributed by atoms with Crippen LogP contribution in [-0.2, 0) is 10.0 Å². The second kappa shape index (κ2) is 9.90. The van der Waals surface area contributed by atoms with Gasteiger partial charge in [-0.1, -0.05) is 11.6 Å². The van der Waals surface area contributed by atoms with Crippen LogP contribution in [0.1, 0.15) is 33.4 Å². The molecule has 0 saturated carbocycles. The van der Waals surface area contributed by atoms with Gasteiger partial charge in [-0.05, 0) is 45.9 Å². The molecule has 180 valence electrons. The van der Waals surface area contributed by atoms with Crippen molar-refractivity contribution in [3.8, 4) is 17.1 Å². The van der Waals surface area contributed by atoms with Crippen molar-refractivity contribution in [2.45, 2.75) is 38.7 Å². The summed E-state index contributed by atoms with van der Waals surface area (Å²) in [5.41, 5.74) is -0.524. The van der Waals surface area contributed by atoms with Crippen molar-refractivity contribution in [3.63, 3.8) is 0 Å². The van der Waals surface area contributed by atoms with Gasteiger partial charge in [0.05, 0.1) is 51.9 Å².